The van der Waals surface area contributed by atoms with Crippen LogP contribution in [-0.2, 0) is 4.74 Å². The Morgan fingerprint density at radius 2 is 2.03 bits per heavy atom. The monoisotopic (exact) mass is 491 g/mol. The number of nitrogens with zero attached hydrogens (tertiary/aromatic N) is 2. The number of phenolic OH excluding ortho intramolecular Hbond substituents is 1. The van der Waals surface area contributed by atoms with Crippen LogP contribution >= 0.6 is 0 Å². The van der Waals surface area contributed by atoms with E-state index >= 15 is 0 Å². The van der Waals surface area contributed by atoms with E-state index in [9.17, 15) is 9.90 Å². The highest BCUT2D eigenvalue weighted by molar-refractivity contribution is 6.00. The first kappa shape index (κ1) is 24.2. The number of para-hydroxylation sites is 1. The van der Waals surface area contributed by atoms with Crippen LogP contribution in [0.1, 0.15) is 67.2 Å². The Labute approximate surface area is 211 Å². The van der Waals surface area contributed by atoms with Gasteiger partial charge in [-0.25, -0.2) is 0 Å². The van der Waals surface area contributed by atoms with Gasteiger partial charge in [0.1, 0.15) is 17.1 Å². The number of amides is 1. The second kappa shape index (κ2) is 10.6. The normalized spacial score (nSPS) is 19.1. The molecule has 0 bridgehead atoms. The number of hydrogen-bond donors (Lipinski definition) is 2. The molecule has 1 amide bonds. The molecule has 1 aromatic heterocycles. The molecule has 0 unspecified atom stereocenters. The third-order valence-corrected chi connectivity index (χ3v) is 6.79. The molecule has 0 saturated carbocycles. The molecule has 1 fully saturated rings. The van der Waals surface area contributed by atoms with Gasteiger partial charge in [-0.05, 0) is 56.0 Å². The third-order valence-electron chi connectivity index (χ3n) is 6.79. The Kier molecular flexibility index (Phi) is 7.13. The van der Waals surface area contributed by atoms with Gasteiger partial charge in [0.05, 0.1) is 25.4 Å². The molecule has 190 valence electrons. The second-order valence-corrected chi connectivity index (χ2v) is 9.21. The van der Waals surface area contributed by atoms with E-state index in [1.165, 1.54) is 0 Å². The lowest BCUT2D eigenvalue weighted by Crippen LogP contribution is -2.36. The minimum atomic E-state index is -0.408. The van der Waals surface area contributed by atoms with Crippen LogP contribution in [0.3, 0.4) is 0 Å². The maximum absolute atomic E-state index is 13.6. The van der Waals surface area contributed by atoms with Crippen LogP contribution in [0.4, 0.5) is 0 Å². The SMILES string of the molecule is CCCCOc1ccc([C@@H]2c3c(-c4ccccc4O)n[nH]c3C(=O)N2C[C@@H]2CCCO2)cc1OCC. The van der Waals surface area contributed by atoms with Crippen molar-refractivity contribution in [3.05, 3.63) is 59.3 Å². The average Bonchev–Trinajstić information content (AvgIpc) is 3.60. The molecule has 0 aliphatic carbocycles. The number of fused-ring (bicyclic) bond motifs is 1. The first-order valence-electron chi connectivity index (χ1n) is 12.8. The zero-order valence-corrected chi connectivity index (χ0v) is 20.8. The molecule has 8 nitrogen and oxygen atoms in total. The number of H-pyrrole nitrogens is 1. The van der Waals surface area contributed by atoms with Gasteiger partial charge in [0.2, 0.25) is 0 Å². The fraction of sp³-hybridized carbons (Fsp3) is 0.429. The maximum Gasteiger partial charge on any atom is 0.273 e. The molecule has 1 saturated heterocycles. The first-order chi connectivity index (χ1) is 17.6. The number of nitrogens with one attached hydrogen (secondary N) is 1. The van der Waals surface area contributed by atoms with Crippen LogP contribution in [0, 0.1) is 0 Å². The van der Waals surface area contributed by atoms with Crippen molar-refractivity contribution >= 4 is 5.91 Å². The molecule has 2 aliphatic rings. The van der Waals surface area contributed by atoms with Crippen LogP contribution in [0.5, 0.6) is 17.2 Å². The van der Waals surface area contributed by atoms with E-state index in [0.717, 1.165) is 36.8 Å². The summed E-state index contributed by atoms with van der Waals surface area (Å²) < 4.78 is 17.8. The number of aromatic amines is 1. The van der Waals surface area contributed by atoms with Gasteiger partial charge >= 0.3 is 0 Å². The highest BCUT2D eigenvalue weighted by Crippen LogP contribution is 2.46. The highest BCUT2D eigenvalue weighted by Gasteiger charge is 2.44. The Bertz CT molecular complexity index is 1220. The molecule has 0 radical (unpaired) electrons. The lowest BCUT2D eigenvalue weighted by atomic mass is 9.95. The zero-order valence-electron chi connectivity index (χ0n) is 20.8. The first-order valence-corrected chi connectivity index (χ1v) is 12.8. The molecular formula is C28H33N3O5. The van der Waals surface area contributed by atoms with Crippen molar-refractivity contribution in [2.45, 2.75) is 51.7 Å². The minimum Gasteiger partial charge on any atom is -0.507 e. The third kappa shape index (κ3) is 4.53. The number of hydrogen-bond acceptors (Lipinski definition) is 6. The molecule has 2 atom stereocenters. The number of unbranched alkanes of at least 4 members (excludes halogenated alkanes) is 1. The van der Waals surface area contributed by atoms with Gasteiger partial charge in [0.25, 0.3) is 5.91 Å². The smallest absolute Gasteiger partial charge is 0.273 e. The van der Waals surface area contributed by atoms with E-state index in [2.05, 4.69) is 17.1 Å². The summed E-state index contributed by atoms with van der Waals surface area (Å²) >= 11 is 0. The van der Waals surface area contributed by atoms with Crippen LogP contribution < -0.4 is 9.47 Å². The molecule has 2 aliphatic heterocycles. The number of benzene rings is 2. The Hall–Kier alpha value is -3.52. The second-order valence-electron chi connectivity index (χ2n) is 9.21. The summed E-state index contributed by atoms with van der Waals surface area (Å²) in [5.74, 6) is 1.33. The summed E-state index contributed by atoms with van der Waals surface area (Å²) in [5.41, 5.74) is 3.23. The van der Waals surface area contributed by atoms with Gasteiger partial charge < -0.3 is 24.2 Å². The zero-order chi connectivity index (χ0) is 25.1. The van der Waals surface area contributed by atoms with Crippen LogP contribution in [0.2, 0.25) is 0 Å². The van der Waals surface area contributed by atoms with Crippen molar-refractivity contribution in [1.29, 1.82) is 0 Å². The molecule has 8 heteroatoms. The Morgan fingerprint density at radius 3 is 2.78 bits per heavy atom. The van der Waals surface area contributed by atoms with E-state index in [1.54, 1.807) is 12.1 Å². The van der Waals surface area contributed by atoms with Gasteiger partial charge in [-0.2, -0.15) is 5.10 Å². The van der Waals surface area contributed by atoms with Crippen molar-refractivity contribution in [2.24, 2.45) is 0 Å². The standard InChI is InChI=1S/C28H33N3O5/c1-3-5-14-36-22-13-12-18(16-23(22)34-4-2)27-24-25(20-10-6-7-11-21(20)32)29-30-26(24)28(33)31(27)17-19-9-8-15-35-19/h6-7,10-13,16,19,27,32H,3-5,8-9,14-15,17H2,1-2H3,(H,29,30)/t19-,27+/m0/s1. The van der Waals surface area contributed by atoms with Crippen LogP contribution in [0.25, 0.3) is 11.3 Å². The molecule has 36 heavy (non-hydrogen) atoms. The molecule has 2 aromatic carbocycles. The summed E-state index contributed by atoms with van der Waals surface area (Å²) in [6.45, 7) is 6.37. The Balaban J connectivity index is 1.59. The van der Waals surface area contributed by atoms with Gasteiger partial charge in [-0.3, -0.25) is 9.89 Å². The largest absolute Gasteiger partial charge is 0.507 e. The van der Waals surface area contributed by atoms with E-state index in [4.69, 9.17) is 14.2 Å². The van der Waals surface area contributed by atoms with Gasteiger partial charge in [-0.1, -0.05) is 31.5 Å². The highest BCUT2D eigenvalue weighted by atomic mass is 16.5. The predicted octanol–water partition coefficient (Wildman–Crippen LogP) is 5.08. The summed E-state index contributed by atoms with van der Waals surface area (Å²) in [6.07, 6.45) is 3.91. The van der Waals surface area contributed by atoms with E-state index in [0.29, 0.717) is 54.8 Å². The van der Waals surface area contributed by atoms with Gasteiger partial charge in [-0.15, -0.1) is 0 Å². The van der Waals surface area contributed by atoms with Crippen molar-refractivity contribution in [3.63, 3.8) is 0 Å². The molecule has 3 aromatic rings. The number of carbonyl (C=O) groups excluding carboxylic acids is 1. The van der Waals surface area contributed by atoms with E-state index in [1.807, 2.05) is 42.2 Å². The molecular weight excluding hydrogens is 458 g/mol. The molecule has 3 heterocycles. The van der Waals surface area contributed by atoms with Crippen LogP contribution in [0.15, 0.2) is 42.5 Å². The molecule has 2 N–H and O–H groups in total. The Morgan fingerprint density at radius 1 is 1.17 bits per heavy atom. The lowest BCUT2D eigenvalue weighted by molar-refractivity contribution is 0.0495. The van der Waals surface area contributed by atoms with Gasteiger partial charge in [0, 0.05) is 24.3 Å². The lowest BCUT2D eigenvalue weighted by Gasteiger charge is -2.29. The number of ether oxygens (including phenoxy) is 3. The molecule has 0 spiro atoms. The summed E-state index contributed by atoms with van der Waals surface area (Å²) in [5, 5.41) is 18.0. The topological polar surface area (TPSA) is 96.9 Å². The van der Waals surface area contributed by atoms with Gasteiger partial charge in [0.15, 0.2) is 11.5 Å². The summed E-state index contributed by atoms with van der Waals surface area (Å²) in [6, 6.07) is 12.5. The fourth-order valence-corrected chi connectivity index (χ4v) is 5.03. The predicted molar refractivity (Wildman–Crippen MR) is 136 cm³/mol. The van der Waals surface area contributed by atoms with E-state index in [-0.39, 0.29) is 17.8 Å². The number of aromatic nitrogens is 2. The fourth-order valence-electron chi connectivity index (χ4n) is 5.03. The molecule has 5 rings (SSSR count). The van der Waals surface area contributed by atoms with Crippen molar-refractivity contribution < 1.29 is 24.1 Å². The summed E-state index contributed by atoms with van der Waals surface area (Å²) in [7, 11) is 0. The quantitative estimate of drug-likeness (QED) is 0.384. The van der Waals surface area contributed by atoms with Crippen molar-refractivity contribution in [2.75, 3.05) is 26.4 Å². The van der Waals surface area contributed by atoms with Crippen LogP contribution in [-0.4, -0.2) is 58.6 Å². The number of rotatable bonds is 10. The van der Waals surface area contributed by atoms with Crippen molar-refractivity contribution in [3.8, 4) is 28.5 Å². The number of phenols is 1. The average molecular weight is 492 g/mol. The summed E-state index contributed by atoms with van der Waals surface area (Å²) in [4.78, 5) is 15.5. The minimum absolute atomic E-state index is 0.00925. The number of aromatic hydroxyl groups is 1. The van der Waals surface area contributed by atoms with Crippen molar-refractivity contribution in [1.82, 2.24) is 15.1 Å². The number of carbonyl (C=O) groups is 1. The maximum atomic E-state index is 13.6. The van der Waals surface area contributed by atoms with E-state index < -0.39 is 6.04 Å².